The van der Waals surface area contributed by atoms with Gasteiger partial charge >= 0.3 is 0 Å². The van der Waals surface area contributed by atoms with Crippen LogP contribution in [0.15, 0.2) is 35.7 Å². The van der Waals surface area contributed by atoms with Crippen molar-refractivity contribution in [2.24, 2.45) is 0 Å². The molecule has 0 aliphatic heterocycles. The summed E-state index contributed by atoms with van der Waals surface area (Å²) < 4.78 is 0. The second-order valence-corrected chi connectivity index (χ2v) is 5.04. The lowest BCUT2D eigenvalue weighted by atomic mass is 10.1. The summed E-state index contributed by atoms with van der Waals surface area (Å²) in [5.41, 5.74) is 2.22. The molecule has 1 aromatic carbocycles. The van der Waals surface area contributed by atoms with Crippen LogP contribution >= 0.6 is 11.3 Å². The third kappa shape index (κ3) is 1.66. The van der Waals surface area contributed by atoms with Gasteiger partial charge in [0.1, 0.15) is 5.69 Å². The molecule has 0 aliphatic rings. The zero-order valence-corrected chi connectivity index (χ0v) is 11.1. The highest BCUT2D eigenvalue weighted by Gasteiger charge is 2.12. The van der Waals surface area contributed by atoms with Crippen LogP contribution in [0.25, 0.3) is 21.3 Å². The Hall–Kier alpha value is -1.94. The molecule has 0 spiro atoms. The van der Waals surface area contributed by atoms with Gasteiger partial charge in [-0.3, -0.25) is 0 Å². The maximum Gasteiger partial charge on any atom is 0.156 e. The molecule has 0 fully saturated rings. The highest BCUT2D eigenvalue weighted by atomic mass is 32.1. The predicted octanol–water partition coefficient (Wildman–Crippen LogP) is 3.71. The second kappa shape index (κ2) is 4.38. The summed E-state index contributed by atoms with van der Waals surface area (Å²) >= 11 is 1.71. The van der Waals surface area contributed by atoms with Crippen LogP contribution in [0.5, 0.6) is 0 Å². The Morgan fingerprint density at radius 1 is 1.06 bits per heavy atom. The van der Waals surface area contributed by atoms with E-state index in [2.05, 4.69) is 46.0 Å². The highest BCUT2D eigenvalue weighted by Crippen LogP contribution is 2.34. The number of hydrogen-bond acceptors (Lipinski definition) is 4. The number of nitrogens with zero attached hydrogens (tertiary/aromatic N) is 2. The summed E-state index contributed by atoms with van der Waals surface area (Å²) in [7, 11) is 1.87. The number of fused-ring (bicyclic) bond motifs is 1. The molecular formula is C14H13N3S. The number of rotatable bonds is 2. The van der Waals surface area contributed by atoms with Crippen molar-refractivity contribution < 1.29 is 0 Å². The van der Waals surface area contributed by atoms with E-state index < -0.39 is 0 Å². The van der Waals surface area contributed by atoms with Crippen molar-refractivity contribution in [2.45, 2.75) is 6.92 Å². The van der Waals surface area contributed by atoms with E-state index in [9.17, 15) is 0 Å². The normalized spacial score (nSPS) is 10.8. The Balaban J connectivity index is 2.35. The maximum atomic E-state index is 4.38. The minimum atomic E-state index is 0.823. The molecule has 1 N–H and O–H groups in total. The summed E-state index contributed by atoms with van der Waals surface area (Å²) in [6, 6.07) is 10.3. The van der Waals surface area contributed by atoms with E-state index in [1.807, 2.05) is 19.2 Å². The Morgan fingerprint density at radius 2 is 1.83 bits per heavy atom. The lowest BCUT2D eigenvalue weighted by Crippen LogP contribution is -1.98. The van der Waals surface area contributed by atoms with Gasteiger partial charge in [-0.1, -0.05) is 24.3 Å². The van der Waals surface area contributed by atoms with Crippen molar-refractivity contribution in [1.29, 1.82) is 0 Å². The molecule has 0 amide bonds. The molecular weight excluding hydrogens is 242 g/mol. The Labute approximate surface area is 109 Å². The second-order valence-electron chi connectivity index (χ2n) is 4.13. The smallest absolute Gasteiger partial charge is 0.156 e. The first-order chi connectivity index (χ1) is 8.81. The van der Waals surface area contributed by atoms with Crippen molar-refractivity contribution >= 4 is 27.9 Å². The molecule has 0 saturated heterocycles. The molecule has 0 bridgehead atoms. The van der Waals surface area contributed by atoms with Gasteiger partial charge in [0.05, 0.1) is 4.88 Å². The molecule has 2 aromatic heterocycles. The van der Waals surface area contributed by atoms with Gasteiger partial charge in [0.2, 0.25) is 0 Å². The van der Waals surface area contributed by atoms with Crippen LogP contribution in [0.1, 0.15) is 5.56 Å². The Kier molecular flexibility index (Phi) is 2.72. The number of nitrogens with one attached hydrogen (secondary N) is 1. The fraction of sp³-hybridized carbons (Fsp3) is 0.143. The van der Waals surface area contributed by atoms with E-state index in [0.29, 0.717) is 0 Å². The number of thiophene rings is 1. The summed E-state index contributed by atoms with van der Waals surface area (Å²) in [5.74, 6) is 0.823. The predicted molar refractivity (Wildman–Crippen MR) is 77.1 cm³/mol. The van der Waals surface area contributed by atoms with E-state index in [0.717, 1.165) is 22.3 Å². The number of benzene rings is 1. The largest absolute Gasteiger partial charge is 0.371 e. The summed E-state index contributed by atoms with van der Waals surface area (Å²) in [5, 5.41) is 16.1. The molecule has 0 aliphatic carbocycles. The monoisotopic (exact) mass is 255 g/mol. The van der Waals surface area contributed by atoms with Gasteiger partial charge in [-0.05, 0) is 23.9 Å². The molecule has 2 heterocycles. The fourth-order valence-corrected chi connectivity index (χ4v) is 3.00. The highest BCUT2D eigenvalue weighted by molar-refractivity contribution is 7.13. The van der Waals surface area contributed by atoms with Crippen LogP contribution < -0.4 is 5.32 Å². The van der Waals surface area contributed by atoms with E-state index in [4.69, 9.17) is 0 Å². The molecule has 0 radical (unpaired) electrons. The topological polar surface area (TPSA) is 37.8 Å². The van der Waals surface area contributed by atoms with Gasteiger partial charge in [-0.15, -0.1) is 21.5 Å². The number of hydrogen-bond donors (Lipinski definition) is 1. The summed E-state index contributed by atoms with van der Waals surface area (Å²) in [6.07, 6.45) is 0. The molecule has 3 nitrogen and oxygen atoms in total. The van der Waals surface area contributed by atoms with Crippen LogP contribution in [0.4, 0.5) is 5.82 Å². The van der Waals surface area contributed by atoms with Gasteiger partial charge < -0.3 is 5.32 Å². The van der Waals surface area contributed by atoms with E-state index in [1.54, 1.807) is 11.3 Å². The fourth-order valence-electron chi connectivity index (χ4n) is 2.07. The van der Waals surface area contributed by atoms with Gasteiger partial charge in [0.15, 0.2) is 5.82 Å². The first-order valence-electron chi connectivity index (χ1n) is 5.79. The van der Waals surface area contributed by atoms with Gasteiger partial charge in [-0.25, -0.2) is 0 Å². The lowest BCUT2D eigenvalue weighted by Gasteiger charge is -2.08. The van der Waals surface area contributed by atoms with E-state index in [1.165, 1.54) is 10.4 Å². The van der Waals surface area contributed by atoms with Crippen molar-refractivity contribution in [2.75, 3.05) is 12.4 Å². The van der Waals surface area contributed by atoms with Crippen LogP contribution in [0, 0.1) is 6.92 Å². The van der Waals surface area contributed by atoms with Gasteiger partial charge in [0, 0.05) is 17.8 Å². The number of aromatic nitrogens is 2. The molecule has 18 heavy (non-hydrogen) atoms. The number of anilines is 1. The molecule has 0 saturated carbocycles. The third-order valence-electron chi connectivity index (χ3n) is 3.00. The average Bonchev–Trinajstić information content (AvgIpc) is 2.83. The minimum Gasteiger partial charge on any atom is -0.371 e. The van der Waals surface area contributed by atoms with Gasteiger partial charge in [0.25, 0.3) is 0 Å². The van der Waals surface area contributed by atoms with E-state index >= 15 is 0 Å². The Morgan fingerprint density at radius 3 is 2.50 bits per heavy atom. The van der Waals surface area contributed by atoms with Crippen molar-refractivity contribution in [1.82, 2.24) is 10.2 Å². The van der Waals surface area contributed by atoms with Crippen LogP contribution in [0.3, 0.4) is 0 Å². The third-order valence-corrected chi connectivity index (χ3v) is 4.02. The summed E-state index contributed by atoms with van der Waals surface area (Å²) in [6.45, 7) is 2.11. The SMILES string of the molecule is CNc1nnc(-c2sccc2C)c2ccccc12. The first kappa shape index (κ1) is 11.2. The zero-order valence-electron chi connectivity index (χ0n) is 10.3. The lowest BCUT2D eigenvalue weighted by molar-refractivity contribution is 1.06. The Bertz CT molecular complexity index is 703. The van der Waals surface area contributed by atoms with Crippen molar-refractivity contribution in [3.8, 4) is 10.6 Å². The van der Waals surface area contributed by atoms with Crippen molar-refractivity contribution in [3.05, 3.63) is 41.3 Å². The molecule has 3 aromatic rings. The molecule has 4 heteroatoms. The molecule has 3 rings (SSSR count). The van der Waals surface area contributed by atoms with Gasteiger partial charge in [-0.2, -0.15) is 0 Å². The molecule has 0 atom stereocenters. The average molecular weight is 255 g/mol. The first-order valence-corrected chi connectivity index (χ1v) is 6.67. The maximum absolute atomic E-state index is 4.38. The standard InChI is InChI=1S/C14H13N3S/c1-9-7-8-18-13(9)12-10-5-3-4-6-11(10)14(15-2)17-16-12/h3-8H,1-2H3,(H,15,17). The minimum absolute atomic E-state index is 0.823. The molecule has 0 unspecified atom stereocenters. The van der Waals surface area contributed by atoms with Crippen LogP contribution in [-0.2, 0) is 0 Å². The molecule has 90 valence electrons. The van der Waals surface area contributed by atoms with Crippen molar-refractivity contribution in [3.63, 3.8) is 0 Å². The zero-order chi connectivity index (χ0) is 12.5. The van der Waals surface area contributed by atoms with Crippen LogP contribution in [0.2, 0.25) is 0 Å². The quantitative estimate of drug-likeness (QED) is 0.758. The summed E-state index contributed by atoms with van der Waals surface area (Å²) in [4.78, 5) is 1.20. The van der Waals surface area contributed by atoms with Crippen LogP contribution in [-0.4, -0.2) is 17.2 Å². The van der Waals surface area contributed by atoms with E-state index in [-0.39, 0.29) is 0 Å². The number of aryl methyl sites for hydroxylation is 1.